The molecule has 2 aromatic heterocycles. The molecule has 1 aliphatic heterocycles. The summed E-state index contributed by atoms with van der Waals surface area (Å²) in [4.78, 5) is 21.6. The molecule has 5 rings (SSSR count). The highest BCUT2D eigenvalue weighted by atomic mass is 19.1. The number of aromatic nitrogens is 3. The lowest BCUT2D eigenvalue weighted by molar-refractivity contribution is -0.117. The Labute approximate surface area is 153 Å². The molecule has 1 N–H and O–H groups in total. The predicted octanol–water partition coefficient (Wildman–Crippen LogP) is 3.88. The van der Waals surface area contributed by atoms with Crippen LogP contribution in [0.2, 0.25) is 0 Å². The smallest absolute Gasteiger partial charge is 0.258 e. The standard InChI is InChI=1S/C20H15FN4O2/c21-15-2-1-3-16(10-15)25-11-14(9-18(25)26)19-23-20(27-24-19)13-5-4-12-6-7-22-17(12)8-13/h1-8,10,14,22H,9,11H2. The van der Waals surface area contributed by atoms with Crippen LogP contribution in [0.4, 0.5) is 10.1 Å². The maximum absolute atomic E-state index is 13.5. The number of hydrogen-bond donors (Lipinski definition) is 1. The fourth-order valence-corrected chi connectivity index (χ4v) is 3.47. The molecule has 6 nitrogen and oxygen atoms in total. The summed E-state index contributed by atoms with van der Waals surface area (Å²) in [6, 6.07) is 13.9. The maximum Gasteiger partial charge on any atom is 0.258 e. The van der Waals surface area contributed by atoms with Gasteiger partial charge in [-0.05, 0) is 41.8 Å². The number of hydrogen-bond acceptors (Lipinski definition) is 4. The summed E-state index contributed by atoms with van der Waals surface area (Å²) in [5, 5.41) is 5.18. The molecule has 1 atom stereocenters. The SMILES string of the molecule is O=C1CC(c2noc(-c3ccc4cc[nH]c4c3)n2)CN1c1cccc(F)c1. The van der Waals surface area contributed by atoms with E-state index < -0.39 is 0 Å². The number of carbonyl (C=O) groups excluding carboxylic acids is 1. The van der Waals surface area contributed by atoms with E-state index in [1.54, 1.807) is 17.0 Å². The Morgan fingerprint density at radius 3 is 3.00 bits per heavy atom. The zero-order valence-electron chi connectivity index (χ0n) is 14.2. The van der Waals surface area contributed by atoms with Gasteiger partial charge in [-0.1, -0.05) is 17.3 Å². The van der Waals surface area contributed by atoms with Gasteiger partial charge in [0.1, 0.15) is 5.82 Å². The van der Waals surface area contributed by atoms with Gasteiger partial charge in [0.15, 0.2) is 5.82 Å². The molecule has 3 heterocycles. The van der Waals surface area contributed by atoms with Gasteiger partial charge in [0.05, 0.1) is 0 Å². The van der Waals surface area contributed by atoms with E-state index in [1.165, 1.54) is 12.1 Å². The van der Waals surface area contributed by atoms with Crippen LogP contribution in [0, 0.1) is 5.82 Å². The molecule has 1 saturated heterocycles. The Morgan fingerprint density at radius 1 is 1.19 bits per heavy atom. The summed E-state index contributed by atoms with van der Waals surface area (Å²) >= 11 is 0. The number of rotatable bonds is 3. The molecule has 1 aliphatic rings. The van der Waals surface area contributed by atoms with Crippen LogP contribution in [0.1, 0.15) is 18.2 Å². The van der Waals surface area contributed by atoms with Crippen molar-refractivity contribution in [3.8, 4) is 11.5 Å². The molecular weight excluding hydrogens is 347 g/mol. The molecule has 1 unspecified atom stereocenters. The number of H-pyrrole nitrogens is 1. The second kappa shape index (κ2) is 6.05. The van der Waals surface area contributed by atoms with Crippen molar-refractivity contribution in [2.45, 2.75) is 12.3 Å². The molecule has 4 aromatic rings. The highest BCUT2D eigenvalue weighted by Gasteiger charge is 2.34. The average Bonchev–Trinajstić information content (AvgIpc) is 3.40. The van der Waals surface area contributed by atoms with Gasteiger partial charge in [0.2, 0.25) is 5.91 Å². The number of carbonyl (C=O) groups is 1. The molecule has 7 heteroatoms. The van der Waals surface area contributed by atoms with Crippen molar-refractivity contribution >= 4 is 22.5 Å². The number of amides is 1. The molecule has 134 valence electrons. The highest BCUT2D eigenvalue weighted by Crippen LogP contribution is 2.32. The van der Waals surface area contributed by atoms with Gasteiger partial charge in [0, 0.05) is 41.8 Å². The lowest BCUT2D eigenvalue weighted by Gasteiger charge is -2.15. The van der Waals surface area contributed by atoms with Crippen molar-refractivity contribution in [1.29, 1.82) is 0 Å². The molecule has 27 heavy (non-hydrogen) atoms. The van der Waals surface area contributed by atoms with Crippen LogP contribution in [-0.4, -0.2) is 27.6 Å². The van der Waals surface area contributed by atoms with E-state index in [2.05, 4.69) is 15.1 Å². The molecule has 2 aromatic carbocycles. The largest absolute Gasteiger partial charge is 0.361 e. The van der Waals surface area contributed by atoms with Gasteiger partial charge in [-0.25, -0.2) is 4.39 Å². The third-order valence-corrected chi connectivity index (χ3v) is 4.85. The normalized spacial score (nSPS) is 17.1. The Hall–Kier alpha value is -3.48. The van der Waals surface area contributed by atoms with Crippen LogP contribution in [0.5, 0.6) is 0 Å². The van der Waals surface area contributed by atoms with Gasteiger partial charge < -0.3 is 14.4 Å². The van der Waals surface area contributed by atoms with E-state index >= 15 is 0 Å². The van der Waals surface area contributed by atoms with Crippen LogP contribution in [-0.2, 0) is 4.79 Å². The number of halogens is 1. The zero-order valence-corrected chi connectivity index (χ0v) is 14.2. The fourth-order valence-electron chi connectivity index (χ4n) is 3.47. The third-order valence-electron chi connectivity index (χ3n) is 4.85. The number of benzene rings is 2. The number of nitrogens with one attached hydrogen (secondary N) is 1. The highest BCUT2D eigenvalue weighted by molar-refractivity contribution is 5.96. The van der Waals surface area contributed by atoms with Gasteiger partial charge in [0.25, 0.3) is 5.89 Å². The van der Waals surface area contributed by atoms with E-state index in [0.29, 0.717) is 23.9 Å². The summed E-state index contributed by atoms with van der Waals surface area (Å²) in [5.74, 6) is 0.268. The number of aromatic amines is 1. The Balaban J connectivity index is 1.40. The first-order chi connectivity index (χ1) is 13.2. The summed E-state index contributed by atoms with van der Waals surface area (Å²) < 4.78 is 18.9. The topological polar surface area (TPSA) is 75.0 Å². The van der Waals surface area contributed by atoms with E-state index in [1.807, 2.05) is 30.5 Å². The fraction of sp³-hybridized carbons (Fsp3) is 0.150. The second-order valence-electron chi connectivity index (χ2n) is 6.62. The van der Waals surface area contributed by atoms with Crippen LogP contribution in [0.25, 0.3) is 22.4 Å². The van der Waals surface area contributed by atoms with Crippen LogP contribution in [0.15, 0.2) is 59.3 Å². The molecular formula is C20H15FN4O2. The predicted molar refractivity (Wildman–Crippen MR) is 97.7 cm³/mol. The molecule has 0 radical (unpaired) electrons. The minimum absolute atomic E-state index is 0.0789. The zero-order chi connectivity index (χ0) is 18.4. The number of fused-ring (bicyclic) bond motifs is 1. The van der Waals surface area contributed by atoms with Crippen molar-refractivity contribution in [2.24, 2.45) is 0 Å². The molecule has 0 saturated carbocycles. The van der Waals surface area contributed by atoms with E-state index in [-0.39, 0.29) is 24.1 Å². The number of anilines is 1. The quantitative estimate of drug-likeness (QED) is 0.600. The first-order valence-electron chi connectivity index (χ1n) is 8.64. The van der Waals surface area contributed by atoms with Gasteiger partial charge in [-0.3, -0.25) is 4.79 Å². The molecule has 0 bridgehead atoms. The number of nitrogens with zero attached hydrogens (tertiary/aromatic N) is 3. The Bertz CT molecular complexity index is 1150. The van der Waals surface area contributed by atoms with Crippen LogP contribution in [0.3, 0.4) is 0 Å². The Kier molecular flexibility index (Phi) is 3.53. The monoisotopic (exact) mass is 362 g/mol. The summed E-state index contributed by atoms with van der Waals surface area (Å²) in [6.07, 6.45) is 2.14. The molecule has 1 fully saturated rings. The molecule has 0 aliphatic carbocycles. The minimum atomic E-state index is -0.370. The van der Waals surface area contributed by atoms with Gasteiger partial charge >= 0.3 is 0 Å². The third kappa shape index (κ3) is 2.77. The van der Waals surface area contributed by atoms with Crippen molar-refractivity contribution in [3.05, 3.63) is 66.4 Å². The van der Waals surface area contributed by atoms with E-state index in [4.69, 9.17) is 4.52 Å². The lowest BCUT2D eigenvalue weighted by atomic mass is 10.1. The lowest BCUT2D eigenvalue weighted by Crippen LogP contribution is -2.24. The maximum atomic E-state index is 13.5. The summed E-state index contributed by atoms with van der Waals surface area (Å²) in [6.45, 7) is 0.400. The van der Waals surface area contributed by atoms with Crippen LogP contribution < -0.4 is 4.90 Å². The van der Waals surface area contributed by atoms with Crippen molar-refractivity contribution in [2.75, 3.05) is 11.4 Å². The van der Waals surface area contributed by atoms with Gasteiger partial charge in [-0.2, -0.15) is 4.98 Å². The van der Waals surface area contributed by atoms with Crippen molar-refractivity contribution < 1.29 is 13.7 Å². The second-order valence-corrected chi connectivity index (χ2v) is 6.62. The molecule has 1 amide bonds. The molecule has 0 spiro atoms. The Morgan fingerprint density at radius 2 is 2.11 bits per heavy atom. The van der Waals surface area contributed by atoms with E-state index in [0.717, 1.165) is 16.5 Å². The van der Waals surface area contributed by atoms with Crippen molar-refractivity contribution in [1.82, 2.24) is 15.1 Å². The van der Waals surface area contributed by atoms with Crippen LogP contribution >= 0.6 is 0 Å². The van der Waals surface area contributed by atoms with E-state index in [9.17, 15) is 9.18 Å². The van der Waals surface area contributed by atoms with Crippen molar-refractivity contribution in [3.63, 3.8) is 0 Å². The first-order valence-corrected chi connectivity index (χ1v) is 8.64. The summed E-state index contributed by atoms with van der Waals surface area (Å²) in [7, 11) is 0. The average molecular weight is 362 g/mol. The minimum Gasteiger partial charge on any atom is -0.361 e. The van der Waals surface area contributed by atoms with Gasteiger partial charge in [-0.15, -0.1) is 0 Å². The summed E-state index contributed by atoms with van der Waals surface area (Å²) in [5.41, 5.74) is 2.35. The first kappa shape index (κ1) is 15.7.